The Hall–Kier alpha value is -4.72. The van der Waals surface area contributed by atoms with E-state index in [1.165, 1.54) is 11.7 Å². The molecule has 4 aromatic rings. The maximum absolute atomic E-state index is 13.5. The average molecular weight is 530 g/mol. The van der Waals surface area contributed by atoms with Crippen molar-refractivity contribution in [3.05, 3.63) is 107 Å². The van der Waals surface area contributed by atoms with Gasteiger partial charge in [-0.15, -0.1) is 0 Å². The van der Waals surface area contributed by atoms with Crippen LogP contribution in [0, 0.1) is 0 Å². The van der Waals surface area contributed by atoms with E-state index in [4.69, 9.17) is 23.7 Å². The van der Waals surface area contributed by atoms with Crippen molar-refractivity contribution in [3.63, 3.8) is 0 Å². The molecule has 0 fully saturated rings. The molecule has 0 spiro atoms. The Kier molecular flexibility index (Phi) is 9.24. The molecule has 4 rings (SSSR count). The van der Waals surface area contributed by atoms with Gasteiger partial charge in [0.05, 0.1) is 26.0 Å². The van der Waals surface area contributed by atoms with Gasteiger partial charge in [0.2, 0.25) is 0 Å². The van der Waals surface area contributed by atoms with Crippen molar-refractivity contribution < 1.29 is 33.3 Å². The van der Waals surface area contributed by atoms with Gasteiger partial charge >= 0.3 is 11.9 Å². The molecule has 0 unspecified atom stereocenters. The van der Waals surface area contributed by atoms with Crippen LogP contribution in [0.2, 0.25) is 0 Å². The highest BCUT2D eigenvalue weighted by molar-refractivity contribution is 6.01. The van der Waals surface area contributed by atoms with Crippen LogP contribution in [0.4, 0.5) is 0 Å². The first-order valence-corrected chi connectivity index (χ1v) is 12.7. The van der Waals surface area contributed by atoms with E-state index in [0.29, 0.717) is 11.4 Å². The molecule has 39 heavy (non-hydrogen) atoms. The molecule has 0 saturated carbocycles. The van der Waals surface area contributed by atoms with E-state index in [0.717, 1.165) is 11.1 Å². The van der Waals surface area contributed by atoms with Gasteiger partial charge in [-0.3, -0.25) is 4.57 Å². The molecule has 0 radical (unpaired) electrons. The Bertz CT molecular complexity index is 1310. The Morgan fingerprint density at radius 1 is 0.641 bits per heavy atom. The lowest BCUT2D eigenvalue weighted by atomic mass is 10.2. The van der Waals surface area contributed by atoms with E-state index in [1.54, 1.807) is 38.1 Å². The van der Waals surface area contributed by atoms with Gasteiger partial charge in [0.1, 0.15) is 19.0 Å². The number of aromatic nitrogens is 1. The number of rotatable bonds is 12. The van der Waals surface area contributed by atoms with E-state index in [9.17, 15) is 9.59 Å². The monoisotopic (exact) mass is 529 g/mol. The van der Waals surface area contributed by atoms with Gasteiger partial charge in [0, 0.05) is 0 Å². The molecular formula is C31H31NO7. The molecule has 0 N–H and O–H groups in total. The van der Waals surface area contributed by atoms with Crippen LogP contribution in [0.15, 0.2) is 84.9 Å². The topological polar surface area (TPSA) is 85.2 Å². The molecule has 1 heterocycles. The average Bonchev–Trinajstić information content (AvgIpc) is 3.30. The number of para-hydroxylation sites is 2. The Morgan fingerprint density at radius 2 is 1.08 bits per heavy atom. The minimum atomic E-state index is -0.688. The number of methoxy groups -OCH3 is 1. The largest absolute Gasteiger partial charge is 0.495 e. The number of carbonyl (C=O) groups excluding carboxylic acids is 2. The van der Waals surface area contributed by atoms with Crippen molar-refractivity contribution in [1.82, 2.24) is 4.57 Å². The molecular weight excluding hydrogens is 498 g/mol. The van der Waals surface area contributed by atoms with Crippen molar-refractivity contribution in [3.8, 4) is 22.9 Å². The second kappa shape index (κ2) is 13.2. The third-order valence-corrected chi connectivity index (χ3v) is 5.80. The molecule has 202 valence electrons. The molecule has 0 aliphatic heterocycles. The number of benzene rings is 3. The first-order chi connectivity index (χ1) is 19.1. The standard InChI is InChI=1S/C31H31NO7/c1-4-36-30(33)26-28(38-20-22-14-8-6-9-15-22)29(39-21-23-16-10-7-11-17-23)27(31(34)37-5-2)32(26)24-18-12-13-19-25(24)35-3/h6-19H,4-5,20-21H2,1-3H3. The molecule has 0 aliphatic carbocycles. The summed E-state index contributed by atoms with van der Waals surface area (Å²) >= 11 is 0. The predicted octanol–water partition coefficient (Wildman–Crippen LogP) is 6.00. The van der Waals surface area contributed by atoms with Gasteiger partial charge in [0.25, 0.3) is 0 Å². The van der Waals surface area contributed by atoms with Crippen LogP contribution in [0.5, 0.6) is 17.2 Å². The second-order valence-corrected chi connectivity index (χ2v) is 8.35. The molecule has 8 nitrogen and oxygen atoms in total. The van der Waals surface area contributed by atoms with Crippen LogP contribution < -0.4 is 14.2 Å². The Balaban J connectivity index is 1.98. The second-order valence-electron chi connectivity index (χ2n) is 8.35. The summed E-state index contributed by atoms with van der Waals surface area (Å²) in [4.78, 5) is 27.0. The highest BCUT2D eigenvalue weighted by Gasteiger charge is 2.36. The summed E-state index contributed by atoms with van der Waals surface area (Å²) in [5.74, 6) is -0.810. The van der Waals surface area contributed by atoms with Crippen LogP contribution in [-0.4, -0.2) is 36.8 Å². The number of carbonyl (C=O) groups is 2. The summed E-state index contributed by atoms with van der Waals surface area (Å²) in [6, 6.07) is 26.0. The lowest BCUT2D eigenvalue weighted by Crippen LogP contribution is -2.18. The maximum atomic E-state index is 13.5. The van der Waals surface area contributed by atoms with Gasteiger partial charge in [-0.2, -0.15) is 0 Å². The molecule has 0 amide bonds. The zero-order valence-corrected chi connectivity index (χ0v) is 22.2. The van der Waals surface area contributed by atoms with Gasteiger partial charge < -0.3 is 23.7 Å². The molecule has 8 heteroatoms. The fourth-order valence-corrected chi connectivity index (χ4v) is 4.08. The minimum Gasteiger partial charge on any atom is -0.495 e. The van der Waals surface area contributed by atoms with Crippen LogP contribution in [0.3, 0.4) is 0 Å². The Labute approximate surface area is 227 Å². The van der Waals surface area contributed by atoms with Crippen molar-refractivity contribution in [1.29, 1.82) is 0 Å². The van der Waals surface area contributed by atoms with Gasteiger partial charge in [-0.25, -0.2) is 9.59 Å². The van der Waals surface area contributed by atoms with Crippen LogP contribution >= 0.6 is 0 Å². The lowest BCUT2D eigenvalue weighted by molar-refractivity contribution is 0.0506. The smallest absolute Gasteiger partial charge is 0.359 e. The predicted molar refractivity (Wildman–Crippen MR) is 146 cm³/mol. The molecule has 0 saturated heterocycles. The maximum Gasteiger partial charge on any atom is 0.359 e. The number of nitrogens with zero attached hydrogens (tertiary/aromatic N) is 1. The summed E-state index contributed by atoms with van der Waals surface area (Å²) in [6.07, 6.45) is 0. The summed E-state index contributed by atoms with van der Waals surface area (Å²) in [6.45, 7) is 3.88. The Morgan fingerprint density at radius 3 is 1.51 bits per heavy atom. The van der Waals surface area contributed by atoms with Crippen molar-refractivity contribution in [2.45, 2.75) is 27.1 Å². The van der Waals surface area contributed by atoms with Crippen molar-refractivity contribution in [2.75, 3.05) is 20.3 Å². The van der Waals surface area contributed by atoms with Gasteiger partial charge in [-0.1, -0.05) is 72.8 Å². The molecule has 0 aliphatic rings. The third-order valence-electron chi connectivity index (χ3n) is 5.80. The van der Waals surface area contributed by atoms with Crippen LogP contribution in [0.25, 0.3) is 5.69 Å². The zero-order valence-electron chi connectivity index (χ0n) is 22.2. The minimum absolute atomic E-state index is 0.0107. The van der Waals surface area contributed by atoms with Crippen LogP contribution in [-0.2, 0) is 22.7 Å². The molecule has 0 bridgehead atoms. The zero-order chi connectivity index (χ0) is 27.6. The summed E-state index contributed by atoms with van der Waals surface area (Å²) in [5.41, 5.74) is 2.13. The number of hydrogen-bond donors (Lipinski definition) is 0. The SMILES string of the molecule is CCOC(=O)c1c(OCc2ccccc2)c(OCc2ccccc2)c(C(=O)OCC)n1-c1ccccc1OC. The quantitative estimate of drug-likeness (QED) is 0.208. The molecule has 3 aromatic carbocycles. The fourth-order valence-electron chi connectivity index (χ4n) is 4.08. The normalized spacial score (nSPS) is 10.5. The summed E-state index contributed by atoms with van der Waals surface area (Å²) in [7, 11) is 1.51. The van der Waals surface area contributed by atoms with Gasteiger partial charge in [-0.05, 0) is 37.1 Å². The van der Waals surface area contributed by atoms with E-state index in [1.807, 2.05) is 60.7 Å². The highest BCUT2D eigenvalue weighted by atomic mass is 16.6. The fraction of sp³-hybridized carbons (Fsp3) is 0.226. The molecule has 0 atom stereocenters. The first-order valence-electron chi connectivity index (χ1n) is 12.7. The van der Waals surface area contributed by atoms with Gasteiger partial charge in [0.15, 0.2) is 22.9 Å². The number of hydrogen-bond acceptors (Lipinski definition) is 7. The summed E-state index contributed by atoms with van der Waals surface area (Å²) in [5, 5.41) is 0. The number of esters is 2. The van der Waals surface area contributed by atoms with Crippen molar-refractivity contribution in [2.24, 2.45) is 0 Å². The van der Waals surface area contributed by atoms with Crippen LogP contribution in [0.1, 0.15) is 46.0 Å². The van der Waals surface area contributed by atoms with E-state index in [-0.39, 0.29) is 49.3 Å². The van der Waals surface area contributed by atoms with E-state index >= 15 is 0 Å². The third kappa shape index (κ3) is 6.23. The number of ether oxygens (including phenoxy) is 5. The highest BCUT2D eigenvalue weighted by Crippen LogP contribution is 2.43. The summed E-state index contributed by atoms with van der Waals surface area (Å²) < 4.78 is 30.4. The van der Waals surface area contributed by atoms with Crippen molar-refractivity contribution >= 4 is 11.9 Å². The lowest BCUT2D eigenvalue weighted by Gasteiger charge is -2.15. The van der Waals surface area contributed by atoms with E-state index in [2.05, 4.69) is 0 Å². The molecule has 1 aromatic heterocycles. The van der Waals surface area contributed by atoms with E-state index < -0.39 is 11.9 Å². The first kappa shape index (κ1) is 27.3.